The first-order valence-corrected chi connectivity index (χ1v) is 8.82. The van der Waals surface area contributed by atoms with E-state index in [9.17, 15) is 4.79 Å². The highest BCUT2D eigenvalue weighted by Gasteiger charge is 2.28. The first-order chi connectivity index (χ1) is 12.7. The minimum atomic E-state index is -0.564. The maximum atomic E-state index is 12.7. The number of nitrogens with zero attached hydrogens (tertiary/aromatic N) is 1. The molecule has 0 spiro atoms. The smallest absolute Gasteiger partial charge is 0.254 e. The van der Waals surface area contributed by atoms with Crippen LogP contribution in [0.5, 0.6) is 0 Å². The molecule has 5 heteroatoms. The van der Waals surface area contributed by atoms with Crippen molar-refractivity contribution in [3.05, 3.63) is 77.7 Å². The molecule has 3 aromatic rings. The van der Waals surface area contributed by atoms with Crippen LogP contribution in [-0.2, 0) is 16.0 Å². The summed E-state index contributed by atoms with van der Waals surface area (Å²) in [5, 5.41) is 3.01. The highest BCUT2D eigenvalue weighted by molar-refractivity contribution is 5.83. The number of nitrogens with one attached hydrogen (secondary N) is 2. The van der Waals surface area contributed by atoms with Crippen LogP contribution in [0.1, 0.15) is 36.0 Å². The van der Waals surface area contributed by atoms with Crippen LogP contribution in [-0.4, -0.2) is 22.5 Å². The monoisotopic (exact) mass is 347 g/mol. The summed E-state index contributed by atoms with van der Waals surface area (Å²) >= 11 is 0. The fraction of sp³-hybridized carbons (Fsp3) is 0.238. The van der Waals surface area contributed by atoms with Gasteiger partial charge in [0, 0.05) is 0 Å². The third-order valence-corrected chi connectivity index (χ3v) is 4.68. The number of hydrogen-bond acceptors (Lipinski definition) is 3. The number of hydrogen-bond donors (Lipinski definition) is 2. The lowest BCUT2D eigenvalue weighted by Crippen LogP contribution is -2.35. The van der Waals surface area contributed by atoms with Crippen molar-refractivity contribution in [2.24, 2.45) is 0 Å². The number of aromatic nitrogens is 2. The van der Waals surface area contributed by atoms with Crippen molar-refractivity contribution in [3.8, 4) is 11.3 Å². The number of aromatic amines is 1. The molecule has 0 saturated heterocycles. The van der Waals surface area contributed by atoms with Crippen LogP contribution in [0.2, 0.25) is 0 Å². The molecule has 0 bridgehead atoms. The molecule has 2 atom stereocenters. The lowest BCUT2D eigenvalue weighted by Gasteiger charge is -2.26. The number of carbonyl (C=O) groups excluding carboxylic acids is 1. The van der Waals surface area contributed by atoms with E-state index in [-0.39, 0.29) is 11.9 Å². The van der Waals surface area contributed by atoms with E-state index in [0.717, 1.165) is 29.1 Å². The van der Waals surface area contributed by atoms with E-state index in [1.54, 1.807) is 6.20 Å². The van der Waals surface area contributed by atoms with Crippen LogP contribution in [0.4, 0.5) is 0 Å². The van der Waals surface area contributed by atoms with E-state index in [2.05, 4.69) is 21.4 Å². The number of H-pyrrole nitrogens is 1. The molecule has 2 aromatic carbocycles. The van der Waals surface area contributed by atoms with Crippen molar-refractivity contribution in [2.45, 2.75) is 25.5 Å². The lowest BCUT2D eigenvalue weighted by atomic mass is 9.97. The normalized spacial score (nSPS) is 17.3. The number of ether oxygens (including phenoxy) is 1. The number of amides is 1. The Balaban J connectivity index is 1.48. The van der Waals surface area contributed by atoms with Crippen LogP contribution >= 0.6 is 0 Å². The quantitative estimate of drug-likeness (QED) is 0.758. The van der Waals surface area contributed by atoms with E-state index in [1.165, 1.54) is 5.56 Å². The summed E-state index contributed by atoms with van der Waals surface area (Å²) in [6.45, 7) is 2.47. The van der Waals surface area contributed by atoms with E-state index >= 15 is 0 Å². The molecule has 4 rings (SSSR count). The van der Waals surface area contributed by atoms with Crippen molar-refractivity contribution >= 4 is 5.91 Å². The lowest BCUT2D eigenvalue weighted by molar-refractivity contribution is -0.134. The van der Waals surface area contributed by atoms with Gasteiger partial charge in [-0.2, -0.15) is 0 Å². The molecule has 0 radical (unpaired) electrons. The number of fused-ring (bicyclic) bond motifs is 1. The predicted octanol–water partition coefficient (Wildman–Crippen LogP) is 3.57. The average Bonchev–Trinajstić information content (AvgIpc) is 3.18. The second-order valence-corrected chi connectivity index (χ2v) is 6.48. The molecule has 5 nitrogen and oxygen atoms in total. The van der Waals surface area contributed by atoms with Gasteiger partial charge in [-0.15, -0.1) is 0 Å². The summed E-state index contributed by atoms with van der Waals surface area (Å²) in [4.78, 5) is 20.5. The van der Waals surface area contributed by atoms with E-state index in [4.69, 9.17) is 4.74 Å². The largest absolute Gasteiger partial charge is 0.363 e. The molecular weight excluding hydrogens is 326 g/mol. The van der Waals surface area contributed by atoms with Gasteiger partial charge in [0.05, 0.1) is 24.5 Å². The van der Waals surface area contributed by atoms with Crippen molar-refractivity contribution in [1.82, 2.24) is 15.3 Å². The van der Waals surface area contributed by atoms with Gasteiger partial charge in [0.15, 0.2) is 6.10 Å². The first kappa shape index (κ1) is 16.5. The third kappa shape index (κ3) is 3.26. The number of rotatable bonds is 4. The van der Waals surface area contributed by atoms with Crippen LogP contribution < -0.4 is 5.32 Å². The Bertz CT molecular complexity index is 904. The van der Waals surface area contributed by atoms with Gasteiger partial charge in [-0.3, -0.25) is 4.79 Å². The zero-order valence-electron chi connectivity index (χ0n) is 14.6. The molecule has 0 unspecified atom stereocenters. The molecule has 1 amide bonds. The fourth-order valence-electron chi connectivity index (χ4n) is 3.29. The van der Waals surface area contributed by atoms with Gasteiger partial charge in [0.2, 0.25) is 0 Å². The third-order valence-electron chi connectivity index (χ3n) is 4.68. The van der Waals surface area contributed by atoms with Crippen LogP contribution in [0, 0.1) is 0 Å². The summed E-state index contributed by atoms with van der Waals surface area (Å²) in [5.41, 5.74) is 4.12. The van der Waals surface area contributed by atoms with Crippen LogP contribution in [0.25, 0.3) is 11.3 Å². The van der Waals surface area contributed by atoms with Gasteiger partial charge in [0.1, 0.15) is 5.82 Å². The molecule has 132 valence electrons. The Morgan fingerprint density at radius 2 is 1.96 bits per heavy atom. The van der Waals surface area contributed by atoms with Crippen LogP contribution in [0.3, 0.4) is 0 Å². The summed E-state index contributed by atoms with van der Waals surface area (Å²) in [6.07, 6.45) is 2.07. The van der Waals surface area contributed by atoms with E-state index in [1.807, 2.05) is 55.5 Å². The topological polar surface area (TPSA) is 67.0 Å². The van der Waals surface area contributed by atoms with Crippen molar-refractivity contribution < 1.29 is 9.53 Å². The minimum Gasteiger partial charge on any atom is -0.363 e. The molecule has 1 aromatic heterocycles. The highest BCUT2D eigenvalue weighted by Crippen LogP contribution is 2.28. The van der Waals surface area contributed by atoms with E-state index in [0.29, 0.717) is 6.61 Å². The molecule has 2 N–H and O–H groups in total. The van der Waals surface area contributed by atoms with Gasteiger partial charge >= 0.3 is 0 Å². The molecule has 1 aliphatic rings. The Labute approximate surface area is 152 Å². The van der Waals surface area contributed by atoms with Gasteiger partial charge < -0.3 is 15.0 Å². The molecule has 26 heavy (non-hydrogen) atoms. The van der Waals surface area contributed by atoms with Gasteiger partial charge in [0.25, 0.3) is 5.91 Å². The van der Waals surface area contributed by atoms with Crippen molar-refractivity contribution in [2.75, 3.05) is 6.61 Å². The highest BCUT2D eigenvalue weighted by atomic mass is 16.5. The van der Waals surface area contributed by atoms with Crippen molar-refractivity contribution in [1.29, 1.82) is 0 Å². The maximum Gasteiger partial charge on any atom is 0.254 e. The van der Waals surface area contributed by atoms with E-state index < -0.39 is 6.10 Å². The Morgan fingerprint density at radius 1 is 1.19 bits per heavy atom. The summed E-state index contributed by atoms with van der Waals surface area (Å²) in [7, 11) is 0. The average molecular weight is 347 g/mol. The Hall–Kier alpha value is -2.92. The summed E-state index contributed by atoms with van der Waals surface area (Å²) in [6, 6.07) is 17.7. The standard InChI is InChI=1S/C21H21N3O2/c1-14(20-22-13-18(24-20)16-8-3-2-4-9-16)23-21(25)19-17-10-6-5-7-15(17)11-12-26-19/h2-10,13-14,19H,11-12H2,1H3,(H,22,24)(H,23,25)/t14-,19-/m1/s1. The Morgan fingerprint density at radius 3 is 2.81 bits per heavy atom. The van der Waals surface area contributed by atoms with Gasteiger partial charge in [-0.25, -0.2) is 4.98 Å². The molecular formula is C21H21N3O2. The number of imidazole rings is 1. The zero-order valence-corrected chi connectivity index (χ0v) is 14.6. The second kappa shape index (κ2) is 7.14. The molecule has 1 aliphatic heterocycles. The summed E-state index contributed by atoms with van der Waals surface area (Å²) in [5.74, 6) is 0.587. The molecule has 0 aliphatic carbocycles. The summed E-state index contributed by atoms with van der Waals surface area (Å²) < 4.78 is 5.73. The fourth-order valence-corrected chi connectivity index (χ4v) is 3.29. The van der Waals surface area contributed by atoms with Gasteiger partial charge in [-0.1, -0.05) is 54.6 Å². The molecule has 0 saturated carbocycles. The minimum absolute atomic E-state index is 0.137. The molecule has 0 fully saturated rings. The Kier molecular flexibility index (Phi) is 4.54. The second-order valence-electron chi connectivity index (χ2n) is 6.48. The van der Waals surface area contributed by atoms with Gasteiger partial charge in [-0.05, 0) is 30.0 Å². The SMILES string of the molecule is C[C@@H](NC(=O)[C@@H]1OCCc2ccccc21)c1ncc(-c2ccccc2)[nH]1. The van der Waals surface area contributed by atoms with Crippen LogP contribution in [0.15, 0.2) is 60.8 Å². The first-order valence-electron chi connectivity index (χ1n) is 8.82. The zero-order chi connectivity index (χ0) is 17.9. The number of carbonyl (C=O) groups is 1. The molecule has 2 heterocycles. The number of benzene rings is 2. The predicted molar refractivity (Wildman–Crippen MR) is 99.4 cm³/mol. The maximum absolute atomic E-state index is 12.7. The van der Waals surface area contributed by atoms with Crippen molar-refractivity contribution in [3.63, 3.8) is 0 Å².